The lowest BCUT2D eigenvalue weighted by Gasteiger charge is -2.16. The van der Waals surface area contributed by atoms with Crippen LogP contribution in [0.4, 0.5) is 5.69 Å². The Bertz CT molecular complexity index is 607. The van der Waals surface area contributed by atoms with E-state index in [1.807, 2.05) is 6.07 Å². The number of H-pyrrole nitrogens is 1. The van der Waals surface area contributed by atoms with E-state index in [0.29, 0.717) is 11.1 Å². The average Bonchev–Trinajstić information content (AvgIpc) is 2.83. The number of hydrogen-bond donors (Lipinski definition) is 1. The molecule has 1 aromatic carbocycles. The molecule has 90 valence electrons. The van der Waals surface area contributed by atoms with Crippen molar-refractivity contribution >= 4 is 11.6 Å². The lowest BCUT2D eigenvalue weighted by atomic mass is 10.2. The number of hydrogen-bond acceptors (Lipinski definition) is 3. The minimum Gasteiger partial charge on any atom is -0.311 e. The Balaban J connectivity index is 2.26. The summed E-state index contributed by atoms with van der Waals surface area (Å²) in [5.41, 5.74) is 2.58. The number of nitrogens with one attached hydrogen (secondary N) is 1. The smallest absolute Gasteiger partial charge is 0.261 e. The van der Waals surface area contributed by atoms with E-state index in [-0.39, 0.29) is 5.91 Å². The fourth-order valence-corrected chi connectivity index (χ4v) is 1.62. The lowest BCUT2D eigenvalue weighted by molar-refractivity contribution is 0.0992. The number of carbonyl (C=O) groups is 1. The summed E-state index contributed by atoms with van der Waals surface area (Å²) in [5.74, 6) is -0.133. The van der Waals surface area contributed by atoms with Crippen molar-refractivity contribution in [1.82, 2.24) is 10.2 Å². The van der Waals surface area contributed by atoms with E-state index in [2.05, 4.69) is 10.2 Å². The molecule has 0 radical (unpaired) electrons. The van der Waals surface area contributed by atoms with Crippen LogP contribution in [0, 0.1) is 18.3 Å². The number of carbonyl (C=O) groups excluding carboxylic acids is 1. The van der Waals surface area contributed by atoms with Crippen molar-refractivity contribution in [2.24, 2.45) is 0 Å². The molecule has 0 spiro atoms. The molecule has 0 aliphatic carbocycles. The molecule has 18 heavy (non-hydrogen) atoms. The molecule has 1 amide bonds. The highest BCUT2D eigenvalue weighted by Crippen LogP contribution is 2.17. The van der Waals surface area contributed by atoms with Gasteiger partial charge in [-0.25, -0.2) is 0 Å². The maximum Gasteiger partial charge on any atom is 0.261 e. The van der Waals surface area contributed by atoms with E-state index in [9.17, 15) is 4.79 Å². The van der Waals surface area contributed by atoms with E-state index in [4.69, 9.17) is 5.26 Å². The van der Waals surface area contributed by atoms with Crippen LogP contribution in [0.2, 0.25) is 0 Å². The number of anilines is 1. The normalized spacial score (nSPS) is 9.83. The summed E-state index contributed by atoms with van der Waals surface area (Å²) < 4.78 is 0. The molecule has 2 rings (SSSR count). The first-order chi connectivity index (χ1) is 8.63. The zero-order chi connectivity index (χ0) is 13.1. The molecule has 1 N–H and O–H groups in total. The lowest BCUT2D eigenvalue weighted by Crippen LogP contribution is -2.26. The molecule has 0 unspecified atom stereocenters. The number of amides is 1. The summed E-state index contributed by atoms with van der Waals surface area (Å²) in [4.78, 5) is 13.7. The van der Waals surface area contributed by atoms with Crippen molar-refractivity contribution in [2.75, 3.05) is 11.9 Å². The van der Waals surface area contributed by atoms with Gasteiger partial charge in [-0.15, -0.1) is 0 Å². The van der Waals surface area contributed by atoms with Gasteiger partial charge in [-0.05, 0) is 31.2 Å². The van der Waals surface area contributed by atoms with Gasteiger partial charge in [-0.2, -0.15) is 10.4 Å². The summed E-state index contributed by atoms with van der Waals surface area (Å²) in [6.45, 7) is 1.80. The molecule has 0 saturated heterocycles. The summed E-state index contributed by atoms with van der Waals surface area (Å²) in [6.07, 6.45) is 1.51. The molecule has 0 atom stereocenters. The van der Waals surface area contributed by atoms with Gasteiger partial charge in [0.25, 0.3) is 5.91 Å². The van der Waals surface area contributed by atoms with Crippen molar-refractivity contribution in [3.8, 4) is 6.07 Å². The molecule has 5 heteroatoms. The molecular formula is C13H12N4O. The van der Waals surface area contributed by atoms with Gasteiger partial charge in [-0.3, -0.25) is 9.89 Å². The van der Waals surface area contributed by atoms with Crippen LogP contribution in [0.1, 0.15) is 21.6 Å². The summed E-state index contributed by atoms with van der Waals surface area (Å²) in [6, 6.07) is 8.89. The minimum absolute atomic E-state index is 0.133. The van der Waals surface area contributed by atoms with Crippen molar-refractivity contribution in [3.63, 3.8) is 0 Å². The first-order valence-corrected chi connectivity index (χ1v) is 5.41. The van der Waals surface area contributed by atoms with Crippen LogP contribution in [0.25, 0.3) is 0 Å². The molecule has 0 bridgehead atoms. The van der Waals surface area contributed by atoms with Crippen molar-refractivity contribution in [3.05, 3.63) is 47.3 Å². The molecular weight excluding hydrogens is 228 g/mol. The zero-order valence-electron chi connectivity index (χ0n) is 10.1. The zero-order valence-corrected chi connectivity index (χ0v) is 10.1. The molecule has 0 saturated carbocycles. The molecule has 2 aromatic rings. The van der Waals surface area contributed by atoms with Gasteiger partial charge < -0.3 is 4.90 Å². The Morgan fingerprint density at radius 2 is 2.06 bits per heavy atom. The first-order valence-electron chi connectivity index (χ1n) is 5.41. The van der Waals surface area contributed by atoms with Crippen LogP contribution in [0.15, 0.2) is 30.5 Å². The average molecular weight is 240 g/mol. The SMILES string of the molecule is Cc1[nH]ncc1C(=O)N(C)c1ccc(C#N)cc1. The second kappa shape index (κ2) is 4.72. The minimum atomic E-state index is -0.133. The highest BCUT2D eigenvalue weighted by molar-refractivity contribution is 6.06. The van der Waals surface area contributed by atoms with Crippen LogP contribution >= 0.6 is 0 Å². The standard InChI is InChI=1S/C13H12N4O/c1-9-12(8-15-16-9)13(18)17(2)11-5-3-10(7-14)4-6-11/h3-6,8H,1-2H3,(H,15,16). The van der Waals surface area contributed by atoms with Gasteiger partial charge in [0, 0.05) is 18.4 Å². The molecule has 0 fully saturated rings. The van der Waals surface area contributed by atoms with Crippen molar-refractivity contribution < 1.29 is 4.79 Å². The first kappa shape index (κ1) is 11.9. The van der Waals surface area contributed by atoms with Crippen LogP contribution in [0.5, 0.6) is 0 Å². The number of nitrogens with zero attached hydrogens (tertiary/aromatic N) is 3. The van der Waals surface area contributed by atoms with Crippen LogP contribution in [-0.2, 0) is 0 Å². The number of rotatable bonds is 2. The van der Waals surface area contributed by atoms with Crippen LogP contribution < -0.4 is 4.90 Å². The van der Waals surface area contributed by atoms with E-state index >= 15 is 0 Å². The molecule has 1 aromatic heterocycles. The molecule has 5 nitrogen and oxygen atoms in total. The second-order valence-electron chi connectivity index (χ2n) is 3.93. The van der Waals surface area contributed by atoms with E-state index in [1.165, 1.54) is 11.1 Å². The fourth-order valence-electron chi connectivity index (χ4n) is 1.62. The maximum atomic E-state index is 12.2. The largest absolute Gasteiger partial charge is 0.311 e. The topological polar surface area (TPSA) is 72.8 Å². The monoisotopic (exact) mass is 240 g/mol. The summed E-state index contributed by atoms with van der Waals surface area (Å²) in [7, 11) is 1.69. The van der Waals surface area contributed by atoms with E-state index < -0.39 is 0 Å². The molecule has 1 heterocycles. The molecule has 0 aliphatic rings. The number of aromatic amines is 1. The summed E-state index contributed by atoms with van der Waals surface area (Å²) >= 11 is 0. The Morgan fingerprint density at radius 3 is 2.56 bits per heavy atom. The Hall–Kier alpha value is -2.61. The van der Waals surface area contributed by atoms with Crippen LogP contribution in [0.3, 0.4) is 0 Å². The van der Waals surface area contributed by atoms with Gasteiger partial charge in [0.05, 0.1) is 23.4 Å². The van der Waals surface area contributed by atoms with Gasteiger partial charge in [0.1, 0.15) is 0 Å². The van der Waals surface area contributed by atoms with Crippen molar-refractivity contribution in [2.45, 2.75) is 6.92 Å². The Labute approximate surface area is 105 Å². The van der Waals surface area contributed by atoms with Crippen molar-refractivity contribution in [1.29, 1.82) is 5.26 Å². The van der Waals surface area contributed by atoms with Crippen LogP contribution in [-0.4, -0.2) is 23.2 Å². The third kappa shape index (κ3) is 2.09. The predicted molar refractivity (Wildman–Crippen MR) is 67.2 cm³/mol. The third-order valence-electron chi connectivity index (χ3n) is 2.75. The quantitative estimate of drug-likeness (QED) is 0.870. The van der Waals surface area contributed by atoms with E-state index in [0.717, 1.165) is 11.4 Å². The third-order valence-corrected chi connectivity index (χ3v) is 2.75. The Morgan fingerprint density at radius 1 is 1.39 bits per heavy atom. The van der Waals surface area contributed by atoms with E-state index in [1.54, 1.807) is 38.2 Å². The molecule has 0 aliphatic heterocycles. The highest BCUT2D eigenvalue weighted by atomic mass is 16.2. The fraction of sp³-hybridized carbons (Fsp3) is 0.154. The number of aromatic nitrogens is 2. The number of nitriles is 1. The van der Waals surface area contributed by atoms with Gasteiger partial charge in [0.2, 0.25) is 0 Å². The van der Waals surface area contributed by atoms with Gasteiger partial charge >= 0.3 is 0 Å². The number of benzene rings is 1. The van der Waals surface area contributed by atoms with Gasteiger partial charge in [0.15, 0.2) is 0 Å². The van der Waals surface area contributed by atoms with Gasteiger partial charge in [-0.1, -0.05) is 0 Å². The predicted octanol–water partition coefficient (Wildman–Crippen LogP) is 1.87. The Kier molecular flexibility index (Phi) is 3.11. The number of aryl methyl sites for hydroxylation is 1. The maximum absolute atomic E-state index is 12.2. The highest BCUT2D eigenvalue weighted by Gasteiger charge is 2.16. The summed E-state index contributed by atoms with van der Waals surface area (Å²) in [5, 5.41) is 15.3. The second-order valence-corrected chi connectivity index (χ2v) is 3.93.